The molecule has 1 amide bonds. The van der Waals surface area contributed by atoms with Crippen molar-refractivity contribution >= 4 is 17.7 Å². The summed E-state index contributed by atoms with van der Waals surface area (Å²) in [5.74, 6) is 0.180. The predicted molar refractivity (Wildman–Crippen MR) is 105 cm³/mol. The molecule has 0 bridgehead atoms. The molecule has 0 unspecified atom stereocenters. The fraction of sp³-hybridized carbons (Fsp3) is 0.286. The normalized spacial score (nSPS) is 10.1. The largest absolute Gasteiger partial charge is 0.497 e. The number of ether oxygens (including phenoxy) is 4. The molecule has 0 aliphatic rings. The van der Waals surface area contributed by atoms with E-state index in [1.165, 1.54) is 40.4 Å². The Balaban J connectivity index is 1.96. The number of ketones is 1. The molecule has 0 aliphatic heterocycles. The van der Waals surface area contributed by atoms with Gasteiger partial charge in [0.1, 0.15) is 30.4 Å². The third-order valence-electron chi connectivity index (χ3n) is 4.08. The number of hydrogen-bond acceptors (Lipinski definition) is 7. The highest BCUT2D eigenvalue weighted by Crippen LogP contribution is 2.23. The van der Waals surface area contributed by atoms with Crippen molar-refractivity contribution in [3.63, 3.8) is 0 Å². The molecule has 0 atom stereocenters. The summed E-state index contributed by atoms with van der Waals surface area (Å²) in [4.78, 5) is 35.8. The maximum Gasteiger partial charge on any atom is 0.325 e. The minimum atomic E-state index is -0.636. The number of amides is 1. The zero-order chi connectivity index (χ0) is 21.4. The van der Waals surface area contributed by atoms with Crippen LogP contribution in [0.15, 0.2) is 36.4 Å². The number of carbonyl (C=O) groups excluding carboxylic acids is 3. The summed E-state index contributed by atoms with van der Waals surface area (Å²) in [5, 5.41) is 2.49. The van der Waals surface area contributed by atoms with Gasteiger partial charge in [-0.1, -0.05) is 0 Å². The first-order chi connectivity index (χ1) is 13.9. The van der Waals surface area contributed by atoms with Gasteiger partial charge in [0.2, 0.25) is 0 Å². The average molecular weight is 401 g/mol. The smallest absolute Gasteiger partial charge is 0.325 e. The molecular weight excluding hydrogens is 378 g/mol. The topological polar surface area (TPSA) is 100 Å². The maximum absolute atomic E-state index is 12.3. The molecule has 2 aromatic rings. The van der Waals surface area contributed by atoms with Gasteiger partial charge in [-0.15, -0.1) is 0 Å². The molecule has 154 valence electrons. The van der Waals surface area contributed by atoms with Gasteiger partial charge in [0, 0.05) is 22.8 Å². The number of methoxy groups -OCH3 is 3. The van der Waals surface area contributed by atoms with Crippen LogP contribution in [-0.2, 0) is 16.1 Å². The molecule has 29 heavy (non-hydrogen) atoms. The highest BCUT2D eigenvalue weighted by molar-refractivity contribution is 5.96. The van der Waals surface area contributed by atoms with Crippen molar-refractivity contribution in [3.05, 3.63) is 53.1 Å². The Morgan fingerprint density at radius 3 is 2.07 bits per heavy atom. The number of benzene rings is 2. The molecule has 0 fully saturated rings. The monoisotopic (exact) mass is 401 g/mol. The van der Waals surface area contributed by atoms with Gasteiger partial charge in [-0.05, 0) is 37.3 Å². The lowest BCUT2D eigenvalue weighted by Crippen LogP contribution is -2.30. The molecule has 0 aromatic heterocycles. The standard InChI is InChI=1S/C21H23NO7/c1-13(23)14-5-6-19(28-4)16(7-14)12-29-20(24)11-22-21(25)15-8-17(26-2)10-18(9-15)27-3/h5-10H,11-12H2,1-4H3,(H,22,25). The number of esters is 1. The van der Waals surface area contributed by atoms with Crippen molar-refractivity contribution in [1.29, 1.82) is 0 Å². The quantitative estimate of drug-likeness (QED) is 0.509. The number of rotatable bonds is 9. The summed E-state index contributed by atoms with van der Waals surface area (Å²) in [5.41, 5.74) is 1.32. The third-order valence-corrected chi connectivity index (χ3v) is 4.08. The van der Waals surface area contributed by atoms with Crippen LogP contribution in [0, 0.1) is 0 Å². The fourth-order valence-corrected chi connectivity index (χ4v) is 2.51. The number of carbonyl (C=O) groups is 3. The van der Waals surface area contributed by atoms with Crippen molar-refractivity contribution < 1.29 is 33.3 Å². The highest BCUT2D eigenvalue weighted by Gasteiger charge is 2.14. The zero-order valence-electron chi connectivity index (χ0n) is 16.7. The lowest BCUT2D eigenvalue weighted by atomic mass is 10.1. The van der Waals surface area contributed by atoms with Crippen LogP contribution in [0.5, 0.6) is 17.2 Å². The molecule has 2 aromatic carbocycles. The highest BCUT2D eigenvalue weighted by atomic mass is 16.5. The number of nitrogens with one attached hydrogen (secondary N) is 1. The summed E-state index contributed by atoms with van der Waals surface area (Å²) < 4.78 is 20.6. The Bertz CT molecular complexity index is 886. The Morgan fingerprint density at radius 1 is 0.862 bits per heavy atom. The van der Waals surface area contributed by atoms with E-state index in [-0.39, 0.29) is 24.5 Å². The lowest BCUT2D eigenvalue weighted by molar-refractivity contribution is -0.143. The van der Waals surface area contributed by atoms with Crippen LogP contribution in [0.4, 0.5) is 0 Å². The van der Waals surface area contributed by atoms with Crippen molar-refractivity contribution in [2.45, 2.75) is 13.5 Å². The summed E-state index contributed by atoms with van der Waals surface area (Å²) >= 11 is 0. The average Bonchev–Trinajstić information content (AvgIpc) is 2.74. The van der Waals surface area contributed by atoms with Gasteiger partial charge in [0.05, 0.1) is 21.3 Å². The minimum absolute atomic E-state index is 0.0913. The van der Waals surface area contributed by atoms with Gasteiger partial charge in [-0.2, -0.15) is 0 Å². The maximum atomic E-state index is 12.3. The van der Waals surface area contributed by atoms with Crippen LogP contribution in [0.25, 0.3) is 0 Å². The van der Waals surface area contributed by atoms with Crippen LogP contribution < -0.4 is 19.5 Å². The van der Waals surface area contributed by atoms with Crippen molar-refractivity contribution in [2.75, 3.05) is 27.9 Å². The minimum Gasteiger partial charge on any atom is -0.497 e. The predicted octanol–water partition coefficient (Wildman–Crippen LogP) is 2.39. The van der Waals surface area contributed by atoms with Crippen molar-refractivity contribution in [2.24, 2.45) is 0 Å². The fourth-order valence-electron chi connectivity index (χ4n) is 2.51. The summed E-state index contributed by atoms with van der Waals surface area (Å²) in [7, 11) is 4.43. The van der Waals surface area contributed by atoms with Gasteiger partial charge in [0.25, 0.3) is 5.91 Å². The van der Waals surface area contributed by atoms with Crippen LogP contribution in [0.2, 0.25) is 0 Å². The molecular formula is C21H23NO7. The van der Waals surface area contributed by atoms with E-state index in [0.717, 1.165) is 0 Å². The second-order valence-corrected chi connectivity index (χ2v) is 6.03. The van der Waals surface area contributed by atoms with E-state index in [0.29, 0.717) is 28.4 Å². The third kappa shape index (κ3) is 5.97. The Labute approximate surface area is 168 Å². The van der Waals surface area contributed by atoms with Gasteiger partial charge < -0.3 is 24.3 Å². The first kappa shape index (κ1) is 21.7. The van der Waals surface area contributed by atoms with Gasteiger partial charge in [-0.3, -0.25) is 14.4 Å². The van der Waals surface area contributed by atoms with E-state index in [2.05, 4.69) is 5.32 Å². The second kappa shape index (κ2) is 10.1. The summed E-state index contributed by atoms with van der Waals surface area (Å²) in [6, 6.07) is 9.57. The molecule has 8 nitrogen and oxygen atoms in total. The van der Waals surface area contributed by atoms with E-state index in [1.807, 2.05) is 0 Å². The number of Topliss-reactive ketones (excluding diaryl/α,β-unsaturated/α-hetero) is 1. The second-order valence-electron chi connectivity index (χ2n) is 6.03. The molecule has 0 saturated heterocycles. The van der Waals surface area contributed by atoms with E-state index >= 15 is 0 Å². The lowest BCUT2D eigenvalue weighted by Gasteiger charge is -2.11. The zero-order valence-corrected chi connectivity index (χ0v) is 16.7. The van der Waals surface area contributed by atoms with E-state index < -0.39 is 11.9 Å². The van der Waals surface area contributed by atoms with Gasteiger partial charge in [-0.25, -0.2) is 0 Å². The van der Waals surface area contributed by atoms with Crippen LogP contribution in [0.1, 0.15) is 33.2 Å². The van der Waals surface area contributed by atoms with E-state index in [9.17, 15) is 14.4 Å². The van der Waals surface area contributed by atoms with E-state index in [4.69, 9.17) is 18.9 Å². The Kier molecular flexibility index (Phi) is 7.59. The molecule has 0 heterocycles. The molecule has 8 heteroatoms. The van der Waals surface area contributed by atoms with Crippen LogP contribution in [-0.4, -0.2) is 45.5 Å². The SMILES string of the molecule is COc1cc(OC)cc(C(=O)NCC(=O)OCc2cc(C(C)=O)ccc2OC)c1. The summed E-state index contributed by atoms with van der Waals surface area (Å²) in [6.07, 6.45) is 0. The molecule has 0 spiro atoms. The molecule has 2 rings (SSSR count). The van der Waals surface area contributed by atoms with Crippen LogP contribution >= 0.6 is 0 Å². The van der Waals surface area contributed by atoms with Gasteiger partial charge >= 0.3 is 5.97 Å². The van der Waals surface area contributed by atoms with Crippen LogP contribution in [0.3, 0.4) is 0 Å². The van der Waals surface area contributed by atoms with Crippen molar-refractivity contribution in [3.8, 4) is 17.2 Å². The Hall–Kier alpha value is -3.55. The first-order valence-corrected chi connectivity index (χ1v) is 8.72. The summed E-state index contributed by atoms with van der Waals surface area (Å²) in [6.45, 7) is 1.03. The van der Waals surface area contributed by atoms with Crippen molar-refractivity contribution in [1.82, 2.24) is 5.32 Å². The number of hydrogen-bond donors (Lipinski definition) is 1. The van der Waals surface area contributed by atoms with E-state index in [1.54, 1.807) is 24.3 Å². The van der Waals surface area contributed by atoms with Gasteiger partial charge in [0.15, 0.2) is 5.78 Å². The first-order valence-electron chi connectivity index (χ1n) is 8.72. The Morgan fingerprint density at radius 2 is 1.52 bits per heavy atom. The molecule has 1 N–H and O–H groups in total. The molecule has 0 saturated carbocycles. The molecule has 0 aliphatic carbocycles. The molecule has 0 radical (unpaired) electrons.